The third-order valence-electron chi connectivity index (χ3n) is 4.99. The van der Waals surface area contributed by atoms with Crippen LogP contribution in [-0.4, -0.2) is 20.3 Å². The second-order valence-corrected chi connectivity index (χ2v) is 6.89. The molecule has 0 atom stereocenters. The summed E-state index contributed by atoms with van der Waals surface area (Å²) in [5.74, 6) is -1.26. The van der Waals surface area contributed by atoms with Crippen LogP contribution in [0.3, 0.4) is 0 Å². The van der Waals surface area contributed by atoms with Gasteiger partial charge in [-0.2, -0.15) is 0 Å². The van der Waals surface area contributed by atoms with Crippen LogP contribution in [0.25, 0.3) is 16.6 Å². The van der Waals surface area contributed by atoms with Crippen LogP contribution >= 0.6 is 0 Å². The minimum Gasteiger partial charge on any atom is -0.545 e. The predicted molar refractivity (Wildman–Crippen MR) is 110 cm³/mol. The van der Waals surface area contributed by atoms with Crippen LogP contribution in [0.4, 0.5) is 11.4 Å². The van der Waals surface area contributed by atoms with Crippen molar-refractivity contribution < 1.29 is 9.90 Å². The molecule has 0 aliphatic rings. The van der Waals surface area contributed by atoms with Crippen molar-refractivity contribution in [1.29, 1.82) is 0 Å². The molecule has 146 valence electrons. The smallest absolute Gasteiger partial charge is 0.295 e. The first-order valence-corrected chi connectivity index (χ1v) is 9.10. The van der Waals surface area contributed by atoms with Gasteiger partial charge in [-0.05, 0) is 49.7 Å². The fourth-order valence-corrected chi connectivity index (χ4v) is 3.44. The Bertz CT molecular complexity index is 1300. The molecule has 4 rings (SSSR count). The fourth-order valence-electron chi connectivity index (χ4n) is 3.44. The maximum atomic E-state index is 13.2. The summed E-state index contributed by atoms with van der Waals surface area (Å²) < 4.78 is 3.36. The Morgan fingerprint density at radius 2 is 1.79 bits per heavy atom. The molecule has 0 aliphatic carbocycles. The zero-order chi connectivity index (χ0) is 20.7. The molecular formula is C22H19N4O3-. The van der Waals surface area contributed by atoms with Gasteiger partial charge in [-0.15, -0.1) is 0 Å². The van der Waals surface area contributed by atoms with E-state index in [-0.39, 0.29) is 11.1 Å². The van der Waals surface area contributed by atoms with E-state index in [1.807, 2.05) is 51.2 Å². The van der Waals surface area contributed by atoms with Gasteiger partial charge >= 0.3 is 0 Å². The zero-order valence-corrected chi connectivity index (χ0v) is 16.3. The molecule has 0 unspecified atom stereocenters. The van der Waals surface area contributed by atoms with E-state index >= 15 is 0 Å². The van der Waals surface area contributed by atoms with Crippen LogP contribution in [-0.2, 0) is 7.05 Å². The normalized spacial score (nSPS) is 11.0. The summed E-state index contributed by atoms with van der Waals surface area (Å²) in [6.45, 7) is 3.70. The van der Waals surface area contributed by atoms with E-state index in [1.54, 1.807) is 21.5 Å². The number of carboxylic acids is 1. The minimum atomic E-state index is -1.26. The summed E-state index contributed by atoms with van der Waals surface area (Å²) in [4.78, 5) is 28.9. The zero-order valence-electron chi connectivity index (χ0n) is 16.3. The summed E-state index contributed by atoms with van der Waals surface area (Å²) in [6, 6.07) is 15.8. The van der Waals surface area contributed by atoms with Gasteiger partial charge < -0.3 is 15.2 Å². The van der Waals surface area contributed by atoms with Crippen molar-refractivity contribution in [1.82, 2.24) is 14.3 Å². The van der Waals surface area contributed by atoms with Crippen LogP contribution in [0, 0.1) is 13.8 Å². The van der Waals surface area contributed by atoms with Crippen molar-refractivity contribution in [2.75, 3.05) is 5.32 Å². The molecular weight excluding hydrogens is 368 g/mol. The van der Waals surface area contributed by atoms with Gasteiger partial charge in [0.15, 0.2) is 0 Å². The number of fused-ring (bicyclic) bond motifs is 1. The van der Waals surface area contributed by atoms with Gasteiger partial charge in [-0.3, -0.25) is 14.5 Å². The number of benzene rings is 2. The lowest BCUT2D eigenvalue weighted by atomic mass is 10.1. The van der Waals surface area contributed by atoms with Crippen LogP contribution in [0.1, 0.15) is 21.7 Å². The highest BCUT2D eigenvalue weighted by molar-refractivity contribution is 5.98. The number of nitrogens with one attached hydrogen (secondary N) is 1. The Labute approximate surface area is 166 Å². The number of carbonyl (C=O) groups is 1. The van der Waals surface area contributed by atoms with Gasteiger partial charge in [0.2, 0.25) is 0 Å². The number of anilines is 2. The maximum absolute atomic E-state index is 13.2. The van der Waals surface area contributed by atoms with E-state index in [9.17, 15) is 14.7 Å². The number of hydrogen-bond acceptors (Lipinski definition) is 5. The van der Waals surface area contributed by atoms with Crippen molar-refractivity contribution in [3.8, 4) is 5.69 Å². The van der Waals surface area contributed by atoms with Crippen LogP contribution < -0.4 is 16.0 Å². The molecule has 0 spiro atoms. The van der Waals surface area contributed by atoms with Crippen LogP contribution in [0.2, 0.25) is 0 Å². The molecule has 0 fully saturated rings. The highest BCUT2D eigenvalue weighted by Gasteiger charge is 2.17. The van der Waals surface area contributed by atoms with Gasteiger partial charge in [0.1, 0.15) is 5.69 Å². The summed E-state index contributed by atoms with van der Waals surface area (Å²) >= 11 is 0. The van der Waals surface area contributed by atoms with Gasteiger partial charge in [-0.25, -0.2) is 4.68 Å². The highest BCUT2D eigenvalue weighted by atomic mass is 16.4. The Morgan fingerprint density at radius 1 is 1.07 bits per heavy atom. The quantitative estimate of drug-likeness (QED) is 0.581. The lowest BCUT2D eigenvalue weighted by Gasteiger charge is -2.12. The molecule has 0 bridgehead atoms. The molecule has 0 aliphatic heterocycles. The maximum Gasteiger partial charge on any atom is 0.295 e. The summed E-state index contributed by atoms with van der Waals surface area (Å²) in [5.41, 5.74) is 3.77. The number of aromatic nitrogens is 3. The minimum absolute atomic E-state index is 0.0534. The number of nitrogens with zero attached hydrogens (tertiary/aromatic N) is 3. The Kier molecular flexibility index (Phi) is 4.43. The molecule has 2 aromatic heterocycles. The molecule has 0 saturated heterocycles. The predicted octanol–water partition coefficient (Wildman–Crippen LogP) is 2.45. The van der Waals surface area contributed by atoms with Crippen molar-refractivity contribution in [2.45, 2.75) is 13.8 Å². The van der Waals surface area contributed by atoms with Gasteiger partial charge in [0, 0.05) is 23.8 Å². The number of aromatic carboxylic acids is 1. The average molecular weight is 387 g/mol. The number of pyridine rings is 1. The number of aryl methyl sites for hydroxylation is 1. The first-order chi connectivity index (χ1) is 13.9. The van der Waals surface area contributed by atoms with E-state index in [4.69, 9.17) is 0 Å². The SMILES string of the molecule is Cc1cc(Nc2c(C)n(C)n(-c3ccccc3)c2=O)c2cc(C(=O)[O-])ccc2n1. The third kappa shape index (κ3) is 3.16. The Hall–Kier alpha value is -3.87. The van der Waals surface area contributed by atoms with Gasteiger partial charge in [-0.1, -0.05) is 24.3 Å². The van der Waals surface area contributed by atoms with Crippen molar-refractivity contribution in [3.05, 3.63) is 81.9 Å². The molecule has 2 heterocycles. The number of para-hydroxylation sites is 1. The monoisotopic (exact) mass is 387 g/mol. The molecule has 7 heteroatoms. The summed E-state index contributed by atoms with van der Waals surface area (Å²) in [7, 11) is 1.82. The highest BCUT2D eigenvalue weighted by Crippen LogP contribution is 2.28. The van der Waals surface area contributed by atoms with Crippen molar-refractivity contribution >= 4 is 28.2 Å². The molecule has 0 amide bonds. The molecule has 0 radical (unpaired) electrons. The van der Waals surface area contributed by atoms with E-state index in [0.717, 1.165) is 17.1 Å². The molecule has 2 aromatic carbocycles. The van der Waals surface area contributed by atoms with Gasteiger partial charge in [0.05, 0.1) is 22.9 Å². The lowest BCUT2D eigenvalue weighted by Crippen LogP contribution is -2.22. The summed E-state index contributed by atoms with van der Waals surface area (Å²) in [5, 5.41) is 15.1. The molecule has 0 saturated carbocycles. The number of hydrogen-bond donors (Lipinski definition) is 1. The molecule has 29 heavy (non-hydrogen) atoms. The lowest BCUT2D eigenvalue weighted by molar-refractivity contribution is -0.255. The Morgan fingerprint density at radius 3 is 2.48 bits per heavy atom. The average Bonchev–Trinajstić information content (AvgIpc) is 2.91. The first kappa shape index (κ1) is 18.5. The van der Waals surface area contributed by atoms with Crippen LogP contribution in [0.15, 0.2) is 59.4 Å². The van der Waals surface area contributed by atoms with E-state index in [1.165, 1.54) is 12.1 Å². The number of carbonyl (C=O) groups excluding carboxylic acids is 1. The van der Waals surface area contributed by atoms with Gasteiger partial charge in [0.25, 0.3) is 5.56 Å². The van der Waals surface area contributed by atoms with E-state index < -0.39 is 5.97 Å². The van der Waals surface area contributed by atoms with Crippen molar-refractivity contribution in [2.24, 2.45) is 7.05 Å². The second-order valence-electron chi connectivity index (χ2n) is 6.89. The number of carboxylic acid groups (broad SMARTS) is 1. The van der Waals surface area contributed by atoms with E-state index in [0.29, 0.717) is 22.3 Å². The molecule has 1 N–H and O–H groups in total. The number of rotatable bonds is 4. The topological polar surface area (TPSA) is 92.0 Å². The Balaban J connectivity index is 1.89. The fraction of sp³-hybridized carbons (Fsp3) is 0.136. The van der Waals surface area contributed by atoms with E-state index in [2.05, 4.69) is 10.3 Å². The molecule has 4 aromatic rings. The second kappa shape index (κ2) is 6.94. The molecule has 7 nitrogen and oxygen atoms in total. The summed E-state index contributed by atoms with van der Waals surface area (Å²) in [6.07, 6.45) is 0. The van der Waals surface area contributed by atoms with Crippen molar-refractivity contribution in [3.63, 3.8) is 0 Å². The first-order valence-electron chi connectivity index (χ1n) is 9.10. The third-order valence-corrected chi connectivity index (χ3v) is 4.99. The largest absolute Gasteiger partial charge is 0.545 e. The van der Waals surface area contributed by atoms with Crippen LogP contribution in [0.5, 0.6) is 0 Å². The standard InChI is InChI=1S/C22H20N4O3/c1-13-11-19(17-12-15(22(28)29)9-10-18(17)23-13)24-20-14(2)25(3)26(21(20)27)16-7-5-4-6-8-16/h4-12H,1-3H3,(H,23,24)(H,28,29)/p-1.